The number of amides is 1. The molecule has 0 bridgehead atoms. The Balaban J connectivity index is 3.92. The SMILES string of the molecule is N#CCC(=O)N(CCO)CCO. The summed E-state index contributed by atoms with van der Waals surface area (Å²) >= 11 is 0. The van der Waals surface area contributed by atoms with Crippen molar-refractivity contribution in [3.8, 4) is 6.07 Å². The molecule has 5 heteroatoms. The van der Waals surface area contributed by atoms with E-state index in [0.717, 1.165) is 0 Å². The van der Waals surface area contributed by atoms with Crippen molar-refractivity contribution in [2.75, 3.05) is 26.3 Å². The molecule has 0 aliphatic rings. The van der Waals surface area contributed by atoms with Gasteiger partial charge in [0, 0.05) is 13.1 Å². The van der Waals surface area contributed by atoms with Crippen LogP contribution in [0.3, 0.4) is 0 Å². The molecule has 0 aliphatic heterocycles. The zero-order valence-electron chi connectivity index (χ0n) is 6.73. The summed E-state index contributed by atoms with van der Waals surface area (Å²) in [6.07, 6.45) is -0.208. The second-order valence-electron chi connectivity index (χ2n) is 2.16. The molecule has 0 aromatic rings. The molecule has 12 heavy (non-hydrogen) atoms. The molecule has 0 saturated carbocycles. The van der Waals surface area contributed by atoms with Gasteiger partial charge in [0.1, 0.15) is 6.42 Å². The van der Waals surface area contributed by atoms with Crippen molar-refractivity contribution in [1.82, 2.24) is 4.90 Å². The van der Waals surface area contributed by atoms with Crippen LogP contribution in [0.15, 0.2) is 0 Å². The van der Waals surface area contributed by atoms with Crippen molar-refractivity contribution in [1.29, 1.82) is 5.26 Å². The Morgan fingerprint density at radius 2 is 1.83 bits per heavy atom. The number of hydrogen-bond donors (Lipinski definition) is 2. The van der Waals surface area contributed by atoms with Crippen molar-refractivity contribution in [2.24, 2.45) is 0 Å². The quantitative estimate of drug-likeness (QED) is 0.540. The molecule has 0 aliphatic carbocycles. The summed E-state index contributed by atoms with van der Waals surface area (Å²) in [6, 6.07) is 1.71. The Morgan fingerprint density at radius 1 is 1.33 bits per heavy atom. The normalized spacial score (nSPS) is 9.08. The first-order valence-corrected chi connectivity index (χ1v) is 3.62. The molecule has 0 radical (unpaired) electrons. The standard InChI is InChI=1S/C7H12N2O3/c8-2-1-7(12)9(3-5-10)4-6-11/h10-11H,1,3-6H2. The lowest BCUT2D eigenvalue weighted by molar-refractivity contribution is -0.131. The van der Waals surface area contributed by atoms with E-state index in [2.05, 4.69) is 0 Å². The van der Waals surface area contributed by atoms with E-state index in [-0.39, 0.29) is 38.6 Å². The van der Waals surface area contributed by atoms with Gasteiger partial charge in [0.25, 0.3) is 0 Å². The van der Waals surface area contributed by atoms with Gasteiger partial charge in [0.2, 0.25) is 5.91 Å². The average Bonchev–Trinajstić information content (AvgIpc) is 2.04. The molecule has 1 amide bonds. The molecule has 2 N–H and O–H groups in total. The van der Waals surface area contributed by atoms with Crippen LogP contribution in [0.2, 0.25) is 0 Å². The van der Waals surface area contributed by atoms with Gasteiger partial charge in [-0.3, -0.25) is 4.79 Å². The van der Waals surface area contributed by atoms with Crippen LogP contribution in [-0.4, -0.2) is 47.3 Å². The predicted octanol–water partition coefficient (Wildman–Crippen LogP) is -1.29. The minimum atomic E-state index is -0.361. The number of aliphatic hydroxyl groups excluding tert-OH is 2. The van der Waals surface area contributed by atoms with E-state index in [9.17, 15) is 4.79 Å². The molecule has 0 atom stereocenters. The van der Waals surface area contributed by atoms with E-state index in [1.807, 2.05) is 0 Å². The van der Waals surface area contributed by atoms with E-state index in [0.29, 0.717) is 0 Å². The van der Waals surface area contributed by atoms with Crippen molar-refractivity contribution in [3.05, 3.63) is 0 Å². The number of rotatable bonds is 5. The van der Waals surface area contributed by atoms with Gasteiger partial charge in [0.15, 0.2) is 0 Å². The third kappa shape index (κ3) is 3.91. The summed E-state index contributed by atoms with van der Waals surface area (Å²) in [5, 5.41) is 25.2. The predicted molar refractivity (Wildman–Crippen MR) is 41.0 cm³/mol. The van der Waals surface area contributed by atoms with E-state index < -0.39 is 0 Å². The van der Waals surface area contributed by atoms with Gasteiger partial charge in [-0.25, -0.2) is 0 Å². The number of carbonyl (C=O) groups excluding carboxylic acids is 1. The number of nitriles is 1. The van der Waals surface area contributed by atoms with Crippen LogP contribution in [0.1, 0.15) is 6.42 Å². The number of hydrogen-bond acceptors (Lipinski definition) is 4. The maximum absolute atomic E-state index is 11.0. The minimum Gasteiger partial charge on any atom is -0.395 e. The summed E-state index contributed by atoms with van der Waals surface area (Å²) in [6.45, 7) is 0.0243. The lowest BCUT2D eigenvalue weighted by atomic mass is 10.3. The molecular formula is C7H12N2O3. The number of nitrogens with zero attached hydrogens (tertiary/aromatic N) is 2. The van der Waals surface area contributed by atoms with Crippen LogP contribution in [0, 0.1) is 11.3 Å². The highest BCUT2D eigenvalue weighted by Crippen LogP contribution is 1.92. The lowest BCUT2D eigenvalue weighted by Gasteiger charge is -2.18. The fourth-order valence-corrected chi connectivity index (χ4v) is 0.782. The van der Waals surface area contributed by atoms with Gasteiger partial charge < -0.3 is 15.1 Å². The van der Waals surface area contributed by atoms with E-state index in [1.54, 1.807) is 6.07 Å². The zero-order valence-corrected chi connectivity index (χ0v) is 6.73. The van der Waals surface area contributed by atoms with Crippen LogP contribution >= 0.6 is 0 Å². The fourth-order valence-electron chi connectivity index (χ4n) is 0.782. The number of aliphatic hydroxyl groups is 2. The number of carbonyl (C=O) groups is 1. The fraction of sp³-hybridized carbons (Fsp3) is 0.714. The third-order valence-electron chi connectivity index (χ3n) is 1.32. The molecular weight excluding hydrogens is 160 g/mol. The molecule has 0 fully saturated rings. The van der Waals surface area contributed by atoms with Crippen LogP contribution < -0.4 is 0 Å². The van der Waals surface area contributed by atoms with Crippen LogP contribution in [0.5, 0.6) is 0 Å². The Kier molecular flexibility index (Phi) is 5.97. The lowest BCUT2D eigenvalue weighted by Crippen LogP contribution is -2.35. The molecule has 0 spiro atoms. The first kappa shape index (κ1) is 10.9. The van der Waals surface area contributed by atoms with E-state index >= 15 is 0 Å². The smallest absolute Gasteiger partial charge is 0.236 e. The largest absolute Gasteiger partial charge is 0.395 e. The summed E-state index contributed by atoms with van der Waals surface area (Å²) < 4.78 is 0. The molecule has 5 nitrogen and oxygen atoms in total. The topological polar surface area (TPSA) is 84.6 Å². The minimum absolute atomic E-state index is 0.156. The van der Waals surface area contributed by atoms with Gasteiger partial charge in [0.05, 0.1) is 19.3 Å². The molecule has 0 saturated heterocycles. The van der Waals surface area contributed by atoms with Gasteiger partial charge in [-0.15, -0.1) is 0 Å². The Hall–Kier alpha value is -1.12. The molecule has 68 valence electrons. The molecule has 0 aromatic carbocycles. The molecule has 0 heterocycles. The molecule has 0 rings (SSSR count). The van der Waals surface area contributed by atoms with Gasteiger partial charge in [-0.05, 0) is 0 Å². The third-order valence-corrected chi connectivity index (χ3v) is 1.32. The van der Waals surface area contributed by atoms with Crippen LogP contribution in [0.25, 0.3) is 0 Å². The van der Waals surface area contributed by atoms with Crippen molar-refractivity contribution in [2.45, 2.75) is 6.42 Å². The first-order valence-electron chi connectivity index (χ1n) is 3.62. The van der Waals surface area contributed by atoms with Crippen LogP contribution in [0.4, 0.5) is 0 Å². The zero-order chi connectivity index (χ0) is 9.40. The highest BCUT2D eigenvalue weighted by atomic mass is 16.3. The summed E-state index contributed by atoms with van der Waals surface area (Å²) in [5.74, 6) is -0.361. The monoisotopic (exact) mass is 172 g/mol. The van der Waals surface area contributed by atoms with E-state index in [4.69, 9.17) is 15.5 Å². The van der Waals surface area contributed by atoms with Gasteiger partial charge in [-0.2, -0.15) is 5.26 Å². The molecule has 0 aromatic heterocycles. The Labute approximate surface area is 70.8 Å². The summed E-state index contributed by atoms with van der Waals surface area (Å²) in [4.78, 5) is 12.3. The van der Waals surface area contributed by atoms with Crippen LogP contribution in [-0.2, 0) is 4.79 Å². The van der Waals surface area contributed by atoms with Gasteiger partial charge in [-0.1, -0.05) is 0 Å². The van der Waals surface area contributed by atoms with E-state index in [1.165, 1.54) is 4.90 Å². The Bertz CT molecular complexity index is 170. The van der Waals surface area contributed by atoms with Gasteiger partial charge >= 0.3 is 0 Å². The molecule has 0 unspecified atom stereocenters. The second-order valence-corrected chi connectivity index (χ2v) is 2.16. The Morgan fingerprint density at radius 3 is 2.17 bits per heavy atom. The van der Waals surface area contributed by atoms with Crippen molar-refractivity contribution < 1.29 is 15.0 Å². The first-order chi connectivity index (χ1) is 5.76. The maximum atomic E-state index is 11.0. The summed E-state index contributed by atoms with van der Waals surface area (Å²) in [7, 11) is 0. The van der Waals surface area contributed by atoms with Crippen molar-refractivity contribution in [3.63, 3.8) is 0 Å². The maximum Gasteiger partial charge on any atom is 0.236 e. The second kappa shape index (κ2) is 6.58. The average molecular weight is 172 g/mol. The van der Waals surface area contributed by atoms with Crippen molar-refractivity contribution >= 4 is 5.91 Å². The highest BCUT2D eigenvalue weighted by Gasteiger charge is 2.10. The highest BCUT2D eigenvalue weighted by molar-refractivity contribution is 5.78. The summed E-state index contributed by atoms with van der Waals surface area (Å²) in [5.41, 5.74) is 0.